The molecule has 0 aliphatic carbocycles. The van der Waals surface area contributed by atoms with E-state index in [-0.39, 0.29) is 11.8 Å². The largest absolute Gasteiger partial charge is 0.365 e. The van der Waals surface area contributed by atoms with E-state index in [0.29, 0.717) is 32.7 Å². The molecule has 2 amide bonds. The van der Waals surface area contributed by atoms with Crippen molar-refractivity contribution in [3.8, 4) is 0 Å². The molecule has 2 heterocycles. The maximum atomic E-state index is 12.2. The normalized spacial score (nSPS) is 18.6. The van der Waals surface area contributed by atoms with Gasteiger partial charge >= 0.3 is 0 Å². The van der Waals surface area contributed by atoms with Crippen LogP contribution >= 0.6 is 0 Å². The van der Waals surface area contributed by atoms with E-state index in [0.717, 1.165) is 5.56 Å². The molecule has 21 heavy (non-hydrogen) atoms. The Bertz CT molecular complexity index is 512. The Labute approximate surface area is 124 Å². The number of amides is 2. The van der Waals surface area contributed by atoms with Gasteiger partial charge in [0.2, 0.25) is 5.91 Å². The molecule has 1 fully saturated rings. The SMILES string of the molecule is Cc1cnn(CCC(=O)N2CCOC(C(=O)N(C)C)C2)c1. The third kappa shape index (κ3) is 4.04. The first-order valence-corrected chi connectivity index (χ1v) is 7.07. The molecule has 0 N–H and O–H groups in total. The molecule has 0 bridgehead atoms. The summed E-state index contributed by atoms with van der Waals surface area (Å²) < 4.78 is 7.20. The van der Waals surface area contributed by atoms with Crippen molar-refractivity contribution in [2.24, 2.45) is 0 Å². The quantitative estimate of drug-likeness (QED) is 0.777. The minimum Gasteiger partial charge on any atom is -0.365 e. The van der Waals surface area contributed by atoms with Crippen LogP contribution in [-0.2, 0) is 20.9 Å². The summed E-state index contributed by atoms with van der Waals surface area (Å²) >= 11 is 0. The van der Waals surface area contributed by atoms with Gasteiger partial charge < -0.3 is 14.5 Å². The lowest BCUT2D eigenvalue weighted by atomic mass is 10.2. The van der Waals surface area contributed by atoms with E-state index in [9.17, 15) is 9.59 Å². The third-order valence-electron chi connectivity index (χ3n) is 3.45. The van der Waals surface area contributed by atoms with Gasteiger partial charge in [-0.3, -0.25) is 14.3 Å². The summed E-state index contributed by atoms with van der Waals surface area (Å²) in [6.45, 7) is 3.78. The zero-order chi connectivity index (χ0) is 15.4. The van der Waals surface area contributed by atoms with E-state index < -0.39 is 6.10 Å². The molecule has 1 unspecified atom stereocenters. The highest BCUT2D eigenvalue weighted by atomic mass is 16.5. The number of aromatic nitrogens is 2. The van der Waals surface area contributed by atoms with Gasteiger partial charge in [-0.05, 0) is 12.5 Å². The van der Waals surface area contributed by atoms with Crippen molar-refractivity contribution < 1.29 is 14.3 Å². The molecule has 1 saturated heterocycles. The van der Waals surface area contributed by atoms with Crippen LogP contribution in [0.25, 0.3) is 0 Å². The molecule has 1 aromatic heterocycles. The van der Waals surface area contributed by atoms with Crippen molar-refractivity contribution in [2.75, 3.05) is 33.8 Å². The lowest BCUT2D eigenvalue weighted by molar-refractivity contribution is -0.152. The Morgan fingerprint density at radius 2 is 2.24 bits per heavy atom. The number of aryl methyl sites for hydroxylation is 2. The standard InChI is InChI=1S/C14H22N4O3/c1-11-8-15-18(9-11)5-4-13(19)17-6-7-21-12(10-17)14(20)16(2)3/h8-9,12H,4-7,10H2,1-3H3. The van der Waals surface area contributed by atoms with Crippen LogP contribution < -0.4 is 0 Å². The number of hydrogen-bond donors (Lipinski definition) is 0. The molecule has 1 aliphatic rings. The lowest BCUT2D eigenvalue weighted by Gasteiger charge is -2.33. The second-order valence-electron chi connectivity index (χ2n) is 5.46. The number of morpholine rings is 1. The minimum absolute atomic E-state index is 0.0306. The summed E-state index contributed by atoms with van der Waals surface area (Å²) in [7, 11) is 3.37. The van der Waals surface area contributed by atoms with Crippen LogP contribution in [0.15, 0.2) is 12.4 Å². The van der Waals surface area contributed by atoms with Gasteiger partial charge in [-0.15, -0.1) is 0 Å². The summed E-state index contributed by atoms with van der Waals surface area (Å²) in [6, 6.07) is 0. The average molecular weight is 294 g/mol. The summed E-state index contributed by atoms with van der Waals surface area (Å²) in [5.41, 5.74) is 1.07. The van der Waals surface area contributed by atoms with Gasteiger partial charge in [-0.1, -0.05) is 0 Å². The maximum Gasteiger partial charge on any atom is 0.253 e. The molecule has 0 radical (unpaired) electrons. The second-order valence-corrected chi connectivity index (χ2v) is 5.46. The Morgan fingerprint density at radius 3 is 2.86 bits per heavy atom. The first-order chi connectivity index (χ1) is 9.97. The summed E-state index contributed by atoms with van der Waals surface area (Å²) in [6.07, 6.45) is 3.50. The summed E-state index contributed by atoms with van der Waals surface area (Å²) in [5, 5.41) is 4.16. The predicted octanol–water partition coefficient (Wildman–Crippen LogP) is -0.103. The molecule has 1 aromatic rings. The highest BCUT2D eigenvalue weighted by Crippen LogP contribution is 2.09. The van der Waals surface area contributed by atoms with Gasteiger partial charge in [-0.2, -0.15) is 5.10 Å². The molecule has 1 aliphatic heterocycles. The molecule has 0 saturated carbocycles. The third-order valence-corrected chi connectivity index (χ3v) is 3.45. The fraction of sp³-hybridized carbons (Fsp3) is 0.643. The number of rotatable bonds is 4. The Kier molecular flexibility index (Phi) is 4.95. The molecular formula is C14H22N4O3. The van der Waals surface area contributed by atoms with Gasteiger partial charge in [0.05, 0.1) is 19.3 Å². The minimum atomic E-state index is -0.551. The molecule has 7 nitrogen and oxygen atoms in total. The van der Waals surface area contributed by atoms with Gasteiger partial charge in [0.25, 0.3) is 5.91 Å². The Hall–Kier alpha value is -1.89. The van der Waals surface area contributed by atoms with Crippen molar-refractivity contribution in [3.63, 3.8) is 0 Å². The van der Waals surface area contributed by atoms with E-state index in [2.05, 4.69) is 5.10 Å². The van der Waals surface area contributed by atoms with E-state index in [1.54, 1.807) is 29.9 Å². The first-order valence-electron chi connectivity index (χ1n) is 7.07. The highest BCUT2D eigenvalue weighted by molar-refractivity contribution is 5.82. The molecule has 2 rings (SSSR count). The number of carbonyl (C=O) groups is 2. The smallest absolute Gasteiger partial charge is 0.253 e. The topological polar surface area (TPSA) is 67.7 Å². The number of ether oxygens (including phenoxy) is 1. The van der Waals surface area contributed by atoms with Gasteiger partial charge in [0.15, 0.2) is 6.10 Å². The van der Waals surface area contributed by atoms with Crippen LogP contribution in [0.3, 0.4) is 0 Å². The molecule has 116 valence electrons. The molecule has 0 spiro atoms. The predicted molar refractivity (Wildman–Crippen MR) is 76.6 cm³/mol. The van der Waals surface area contributed by atoms with Gasteiger partial charge in [-0.25, -0.2) is 0 Å². The van der Waals surface area contributed by atoms with Crippen LogP contribution in [0.2, 0.25) is 0 Å². The number of hydrogen-bond acceptors (Lipinski definition) is 4. The zero-order valence-corrected chi connectivity index (χ0v) is 12.8. The molecule has 1 atom stereocenters. The first kappa shape index (κ1) is 15.5. The van der Waals surface area contributed by atoms with Gasteiger partial charge in [0.1, 0.15) is 0 Å². The number of likely N-dealkylation sites (N-methyl/N-ethyl adjacent to an activating group) is 1. The summed E-state index contributed by atoms with van der Waals surface area (Å²) in [5.74, 6) is -0.0711. The monoisotopic (exact) mass is 294 g/mol. The van der Waals surface area contributed by atoms with Crippen molar-refractivity contribution in [3.05, 3.63) is 18.0 Å². The van der Waals surface area contributed by atoms with Crippen LogP contribution in [0, 0.1) is 6.92 Å². The molecule has 0 aromatic carbocycles. The highest BCUT2D eigenvalue weighted by Gasteiger charge is 2.29. The van der Waals surface area contributed by atoms with Crippen molar-refractivity contribution in [1.29, 1.82) is 0 Å². The molecular weight excluding hydrogens is 272 g/mol. The Morgan fingerprint density at radius 1 is 1.48 bits per heavy atom. The van der Waals surface area contributed by atoms with E-state index in [1.807, 2.05) is 13.1 Å². The van der Waals surface area contributed by atoms with Crippen molar-refractivity contribution in [1.82, 2.24) is 19.6 Å². The Balaban J connectivity index is 1.85. The fourth-order valence-electron chi connectivity index (χ4n) is 2.27. The van der Waals surface area contributed by atoms with E-state index >= 15 is 0 Å². The lowest BCUT2D eigenvalue weighted by Crippen LogP contribution is -2.51. The zero-order valence-electron chi connectivity index (χ0n) is 12.8. The average Bonchev–Trinajstić information content (AvgIpc) is 2.89. The van der Waals surface area contributed by atoms with E-state index in [1.165, 1.54) is 4.90 Å². The van der Waals surface area contributed by atoms with Crippen LogP contribution in [0.5, 0.6) is 0 Å². The van der Waals surface area contributed by atoms with Crippen LogP contribution in [0.1, 0.15) is 12.0 Å². The maximum absolute atomic E-state index is 12.2. The number of nitrogens with zero attached hydrogens (tertiary/aromatic N) is 4. The second kappa shape index (κ2) is 6.71. The molecule has 7 heteroatoms. The van der Waals surface area contributed by atoms with Crippen molar-refractivity contribution in [2.45, 2.75) is 26.0 Å². The van der Waals surface area contributed by atoms with Crippen LogP contribution in [0.4, 0.5) is 0 Å². The fourth-order valence-corrected chi connectivity index (χ4v) is 2.27. The van der Waals surface area contributed by atoms with Crippen LogP contribution in [-0.4, -0.2) is 71.3 Å². The number of carbonyl (C=O) groups excluding carboxylic acids is 2. The van der Waals surface area contributed by atoms with E-state index in [4.69, 9.17) is 4.74 Å². The summed E-state index contributed by atoms with van der Waals surface area (Å²) in [4.78, 5) is 27.3. The van der Waals surface area contributed by atoms with Crippen molar-refractivity contribution >= 4 is 11.8 Å². The van der Waals surface area contributed by atoms with Gasteiger partial charge in [0, 0.05) is 39.8 Å².